The van der Waals surface area contributed by atoms with E-state index in [9.17, 15) is 17.7 Å². The van der Waals surface area contributed by atoms with E-state index in [4.69, 9.17) is 14.4 Å². The van der Waals surface area contributed by atoms with Gasteiger partial charge in [-0.05, 0) is 81.7 Å². The zero-order chi connectivity index (χ0) is 32.5. The molecule has 4 aromatic rings. The summed E-state index contributed by atoms with van der Waals surface area (Å²) in [6.45, 7) is 16.8. The number of aromatic amines is 1. The summed E-state index contributed by atoms with van der Waals surface area (Å²) in [6.07, 6.45) is -5.63. The van der Waals surface area contributed by atoms with Crippen molar-refractivity contribution in [3.8, 4) is 22.6 Å². The van der Waals surface area contributed by atoms with E-state index in [-0.39, 0.29) is 11.5 Å². The second-order valence-corrected chi connectivity index (χ2v) is 20.4. The summed E-state index contributed by atoms with van der Waals surface area (Å²) < 4.78 is 60.8. The van der Waals surface area contributed by atoms with Crippen LogP contribution in [-0.4, -0.2) is 44.0 Å². The normalized spacial score (nSPS) is 14.6. The SMILES string of the molecule is CC(C)(C)[S@@+]([O-])N[C@@H](CCC(F)(F)F)c1cccc(-c2ccc3c(-c4cccc(CO[Si](C)(C)C(C)(C)C)n4)n[nH]c3c2)n1. The average Bonchev–Trinajstić information content (AvgIpc) is 3.36. The van der Waals surface area contributed by atoms with Gasteiger partial charge in [0.1, 0.15) is 10.4 Å². The van der Waals surface area contributed by atoms with E-state index in [0.717, 1.165) is 27.9 Å². The summed E-state index contributed by atoms with van der Waals surface area (Å²) in [4.78, 5) is 9.53. The first-order valence-corrected chi connectivity index (χ1v) is 18.7. The molecule has 0 bridgehead atoms. The Morgan fingerprint density at radius 1 is 0.955 bits per heavy atom. The van der Waals surface area contributed by atoms with Crippen molar-refractivity contribution in [2.24, 2.45) is 0 Å². The molecule has 0 aliphatic heterocycles. The number of aromatic nitrogens is 4. The molecule has 44 heavy (non-hydrogen) atoms. The van der Waals surface area contributed by atoms with Crippen LogP contribution in [0.3, 0.4) is 0 Å². The van der Waals surface area contributed by atoms with Crippen LogP contribution in [0.1, 0.15) is 71.8 Å². The van der Waals surface area contributed by atoms with Crippen molar-refractivity contribution in [3.63, 3.8) is 0 Å². The van der Waals surface area contributed by atoms with Gasteiger partial charge in [-0.2, -0.15) is 18.3 Å². The van der Waals surface area contributed by atoms with Crippen LogP contribution in [0.5, 0.6) is 0 Å². The first kappa shape index (κ1) is 34.1. The fourth-order valence-corrected chi connectivity index (χ4v) is 6.02. The number of rotatable bonds is 10. The molecule has 0 spiro atoms. The molecule has 4 rings (SSSR count). The number of benzene rings is 1. The molecule has 1 aromatic carbocycles. The van der Waals surface area contributed by atoms with Crippen molar-refractivity contribution in [1.82, 2.24) is 24.9 Å². The molecule has 7 nitrogen and oxygen atoms in total. The molecule has 3 heterocycles. The molecule has 0 radical (unpaired) electrons. The Morgan fingerprint density at radius 2 is 1.64 bits per heavy atom. The van der Waals surface area contributed by atoms with Crippen LogP contribution in [0.15, 0.2) is 54.6 Å². The molecule has 0 unspecified atom stereocenters. The highest BCUT2D eigenvalue weighted by molar-refractivity contribution is 7.90. The highest BCUT2D eigenvalue weighted by atomic mass is 32.2. The van der Waals surface area contributed by atoms with Crippen LogP contribution in [0.4, 0.5) is 13.2 Å². The quantitative estimate of drug-likeness (QED) is 0.132. The molecule has 2 atom stereocenters. The van der Waals surface area contributed by atoms with Gasteiger partial charge < -0.3 is 8.98 Å². The topological polar surface area (TPSA) is 98.8 Å². The zero-order valence-corrected chi connectivity index (χ0v) is 28.4. The van der Waals surface area contributed by atoms with Crippen LogP contribution in [-0.2, 0) is 22.4 Å². The number of pyridine rings is 2. The molecule has 2 N–H and O–H groups in total. The van der Waals surface area contributed by atoms with Crippen LogP contribution in [0.25, 0.3) is 33.5 Å². The summed E-state index contributed by atoms with van der Waals surface area (Å²) in [5.74, 6) is 0. The molecular formula is C32H42F3N5O2SSi. The molecule has 0 amide bonds. The minimum atomic E-state index is -4.34. The highest BCUT2D eigenvalue weighted by Gasteiger charge is 2.37. The van der Waals surface area contributed by atoms with Crippen molar-refractivity contribution in [2.45, 2.75) is 96.1 Å². The van der Waals surface area contributed by atoms with E-state index in [1.54, 1.807) is 39.0 Å². The minimum absolute atomic E-state index is 0.0980. The van der Waals surface area contributed by atoms with E-state index in [1.165, 1.54) is 0 Å². The number of fused-ring (bicyclic) bond motifs is 1. The Balaban J connectivity index is 1.59. The minimum Gasteiger partial charge on any atom is -0.598 e. The third-order valence-corrected chi connectivity index (χ3v) is 14.0. The average molecular weight is 646 g/mol. The molecule has 0 aliphatic carbocycles. The first-order chi connectivity index (χ1) is 20.3. The van der Waals surface area contributed by atoms with Gasteiger partial charge in [-0.3, -0.25) is 10.1 Å². The number of H-pyrrole nitrogens is 1. The van der Waals surface area contributed by atoms with Crippen molar-refractivity contribution in [1.29, 1.82) is 0 Å². The molecule has 0 fully saturated rings. The summed E-state index contributed by atoms with van der Waals surface area (Å²) >= 11 is -1.58. The van der Waals surface area contributed by atoms with Crippen molar-refractivity contribution in [3.05, 3.63) is 66.0 Å². The van der Waals surface area contributed by atoms with Crippen molar-refractivity contribution in [2.75, 3.05) is 0 Å². The zero-order valence-electron chi connectivity index (χ0n) is 26.6. The summed E-state index contributed by atoms with van der Waals surface area (Å²) in [7, 11) is -1.93. The van der Waals surface area contributed by atoms with Gasteiger partial charge in [0.2, 0.25) is 0 Å². The first-order valence-electron chi connectivity index (χ1n) is 14.6. The smallest absolute Gasteiger partial charge is 0.389 e. The molecule has 238 valence electrons. The van der Waals surface area contributed by atoms with Gasteiger partial charge >= 0.3 is 6.18 Å². The standard InChI is InChI=1S/C32H42F3N5O2SSi/c1-30(2,3)43(41)40-26(17-18-32(33,34)35)25-13-10-12-24(37-25)21-15-16-23-28(19-21)38-39-29(23)27-14-9-11-22(36-27)20-42-44(7,8)31(4,5)6/h9-16,19,26,40H,17-18,20H2,1-8H3,(H,38,39)/t26-,43+/m0/s1. The number of hydrogen-bond donors (Lipinski definition) is 2. The summed E-state index contributed by atoms with van der Waals surface area (Å²) in [6, 6.07) is 16.0. The van der Waals surface area contributed by atoms with E-state index in [2.05, 4.69) is 48.8 Å². The van der Waals surface area contributed by atoms with E-state index >= 15 is 0 Å². The monoisotopic (exact) mass is 645 g/mol. The van der Waals surface area contributed by atoms with E-state index < -0.39 is 43.1 Å². The van der Waals surface area contributed by atoms with Gasteiger partial charge in [-0.25, -0.2) is 4.98 Å². The second-order valence-electron chi connectivity index (χ2n) is 13.5. The predicted molar refractivity (Wildman–Crippen MR) is 174 cm³/mol. The van der Waals surface area contributed by atoms with Crippen molar-refractivity contribution < 1.29 is 22.2 Å². The lowest BCUT2D eigenvalue weighted by Gasteiger charge is -2.36. The summed E-state index contributed by atoms with van der Waals surface area (Å²) in [5.41, 5.74) is 4.80. The van der Waals surface area contributed by atoms with Crippen molar-refractivity contribution >= 4 is 30.6 Å². The second kappa shape index (κ2) is 12.9. The number of nitrogens with zero attached hydrogens (tertiary/aromatic N) is 3. The Kier molecular flexibility index (Phi) is 10.0. The fourth-order valence-electron chi connectivity index (χ4n) is 4.22. The van der Waals surface area contributed by atoms with Crippen LogP contribution >= 0.6 is 0 Å². The maximum Gasteiger partial charge on any atom is 0.389 e. The van der Waals surface area contributed by atoms with Gasteiger partial charge in [-0.1, -0.05) is 39.0 Å². The van der Waals surface area contributed by atoms with Gasteiger partial charge in [-0.15, -0.1) is 4.72 Å². The molecule has 3 aromatic heterocycles. The molecular weight excluding hydrogens is 604 g/mol. The molecule has 0 aliphatic rings. The lowest BCUT2D eigenvalue weighted by molar-refractivity contribution is -0.136. The summed E-state index contributed by atoms with van der Waals surface area (Å²) in [5, 5.41) is 8.62. The Bertz CT molecular complexity index is 1580. The lowest BCUT2D eigenvalue weighted by atomic mass is 10.0. The third kappa shape index (κ3) is 8.48. The number of hydrogen-bond acceptors (Lipinski definition) is 6. The van der Waals surface area contributed by atoms with Crippen LogP contribution in [0.2, 0.25) is 18.1 Å². The van der Waals surface area contributed by atoms with E-state index in [0.29, 0.717) is 23.7 Å². The van der Waals surface area contributed by atoms with E-state index in [1.807, 2.05) is 36.4 Å². The number of nitrogens with one attached hydrogen (secondary N) is 2. The van der Waals surface area contributed by atoms with Gasteiger partial charge in [0.25, 0.3) is 0 Å². The fraction of sp³-hybridized carbons (Fsp3) is 0.469. The molecule has 0 saturated carbocycles. The Labute approximate surface area is 261 Å². The predicted octanol–water partition coefficient (Wildman–Crippen LogP) is 8.64. The van der Waals surface area contributed by atoms with Crippen LogP contribution in [0, 0.1) is 0 Å². The molecule has 0 saturated heterocycles. The maximum absolute atomic E-state index is 13.1. The maximum atomic E-state index is 13.1. The Morgan fingerprint density at radius 3 is 2.30 bits per heavy atom. The number of halogens is 3. The third-order valence-electron chi connectivity index (χ3n) is 7.94. The largest absolute Gasteiger partial charge is 0.598 e. The van der Waals surface area contributed by atoms with Gasteiger partial charge in [0.05, 0.1) is 40.9 Å². The van der Waals surface area contributed by atoms with Crippen LogP contribution < -0.4 is 4.72 Å². The Hall–Kier alpha value is -2.77. The number of alkyl halides is 3. The highest BCUT2D eigenvalue weighted by Crippen LogP contribution is 2.37. The van der Waals surface area contributed by atoms with Gasteiger partial charge in [0.15, 0.2) is 8.32 Å². The van der Waals surface area contributed by atoms with Gasteiger partial charge in [0, 0.05) is 28.7 Å². The lowest BCUT2D eigenvalue weighted by Crippen LogP contribution is -2.41. The molecule has 12 heteroatoms.